The molecule has 0 saturated heterocycles. The van der Waals surface area contributed by atoms with E-state index in [0.29, 0.717) is 0 Å². The highest BCUT2D eigenvalue weighted by molar-refractivity contribution is 6.23. The van der Waals surface area contributed by atoms with Crippen molar-refractivity contribution in [1.82, 2.24) is 0 Å². The Kier molecular flexibility index (Phi) is 10.6. The van der Waals surface area contributed by atoms with Crippen molar-refractivity contribution in [2.45, 2.75) is 0 Å². The summed E-state index contributed by atoms with van der Waals surface area (Å²) in [5, 5.41) is 7.44. The van der Waals surface area contributed by atoms with Gasteiger partial charge in [0, 0.05) is 34.1 Å². The molecule has 0 aromatic heterocycles. The zero-order valence-electron chi connectivity index (χ0n) is 37.5. The van der Waals surface area contributed by atoms with Gasteiger partial charge in [0.15, 0.2) is 0 Å². The molecule has 12 rings (SSSR count). The Morgan fingerprint density at radius 3 is 0.721 bits per heavy atom. The summed E-state index contributed by atoms with van der Waals surface area (Å²) in [7, 11) is 0. The molecule has 0 aliphatic carbocycles. The first-order valence-corrected chi connectivity index (χ1v) is 23.3. The van der Waals surface area contributed by atoms with Crippen LogP contribution in [0.1, 0.15) is 0 Å². The van der Waals surface area contributed by atoms with Gasteiger partial charge in [0.1, 0.15) is 0 Å². The zero-order chi connectivity index (χ0) is 45.2. The van der Waals surface area contributed by atoms with Crippen LogP contribution >= 0.6 is 0 Å². The maximum absolute atomic E-state index is 2.40. The highest BCUT2D eigenvalue weighted by Gasteiger charge is 2.19. The molecule has 2 nitrogen and oxygen atoms in total. The van der Waals surface area contributed by atoms with E-state index in [-0.39, 0.29) is 0 Å². The van der Waals surface area contributed by atoms with Gasteiger partial charge in [-0.3, -0.25) is 0 Å². The molecule has 2 heteroatoms. The lowest BCUT2D eigenvalue weighted by Gasteiger charge is -2.25. The molecule has 320 valence electrons. The van der Waals surface area contributed by atoms with Gasteiger partial charge in [-0.05, 0) is 162 Å². The minimum atomic E-state index is 1.12. The van der Waals surface area contributed by atoms with Gasteiger partial charge < -0.3 is 9.80 Å². The summed E-state index contributed by atoms with van der Waals surface area (Å²) in [6.07, 6.45) is 0. The molecule has 0 radical (unpaired) electrons. The number of fused-ring (bicyclic) bond motifs is 3. The molecular formula is C66H46N2. The summed E-state index contributed by atoms with van der Waals surface area (Å²) < 4.78 is 0. The monoisotopic (exact) mass is 866 g/mol. The number of para-hydroxylation sites is 4. The Balaban J connectivity index is 0.905. The molecule has 0 unspecified atom stereocenters. The van der Waals surface area contributed by atoms with Crippen LogP contribution in [0.3, 0.4) is 0 Å². The number of rotatable bonds is 10. The lowest BCUT2D eigenvalue weighted by Crippen LogP contribution is -2.09. The minimum absolute atomic E-state index is 1.12. The van der Waals surface area contributed by atoms with Gasteiger partial charge in [-0.2, -0.15) is 0 Å². The van der Waals surface area contributed by atoms with Crippen molar-refractivity contribution in [1.29, 1.82) is 0 Å². The Morgan fingerprint density at radius 1 is 0.176 bits per heavy atom. The quantitative estimate of drug-likeness (QED) is 0.126. The van der Waals surface area contributed by atoms with Crippen LogP contribution in [0.25, 0.3) is 76.8 Å². The van der Waals surface area contributed by atoms with Crippen LogP contribution in [0.5, 0.6) is 0 Å². The van der Waals surface area contributed by atoms with Crippen molar-refractivity contribution in [3.8, 4) is 44.5 Å². The molecule has 0 amide bonds. The molecule has 12 aromatic rings. The highest BCUT2D eigenvalue weighted by atomic mass is 15.1. The summed E-state index contributed by atoms with van der Waals surface area (Å²) in [4.78, 5) is 4.60. The topological polar surface area (TPSA) is 6.48 Å². The smallest absolute Gasteiger partial charge is 0.0462 e. The fourth-order valence-corrected chi connectivity index (χ4v) is 9.95. The average Bonchev–Trinajstić information content (AvgIpc) is 3.42. The van der Waals surface area contributed by atoms with Crippen LogP contribution in [-0.2, 0) is 0 Å². The van der Waals surface area contributed by atoms with Crippen LogP contribution in [0.4, 0.5) is 34.1 Å². The molecule has 0 spiro atoms. The maximum atomic E-state index is 2.40. The second kappa shape index (κ2) is 17.8. The Hall–Kier alpha value is -8.98. The summed E-state index contributed by atoms with van der Waals surface area (Å²) in [6, 6.07) is 101. The third-order valence-corrected chi connectivity index (χ3v) is 13.2. The van der Waals surface area contributed by atoms with Crippen molar-refractivity contribution in [2.24, 2.45) is 0 Å². The third kappa shape index (κ3) is 7.64. The predicted molar refractivity (Wildman–Crippen MR) is 290 cm³/mol. The molecule has 0 atom stereocenters. The van der Waals surface area contributed by atoms with Gasteiger partial charge in [0.2, 0.25) is 0 Å². The van der Waals surface area contributed by atoms with E-state index in [1.54, 1.807) is 0 Å². The molecule has 0 aliphatic heterocycles. The Labute approximate surface area is 397 Å². The van der Waals surface area contributed by atoms with Crippen molar-refractivity contribution >= 4 is 66.4 Å². The summed E-state index contributed by atoms with van der Waals surface area (Å²) in [5.74, 6) is 0. The minimum Gasteiger partial charge on any atom is -0.311 e. The van der Waals surface area contributed by atoms with E-state index in [4.69, 9.17) is 0 Å². The SMILES string of the molecule is c1ccc(N(c2ccccc2)c2ccc(-c3ccc(-c4c5ccccc5c(-c5ccc(-c6ccc(N(c7ccccc7)c7ccccc7)cc6)cc5)c5cc6ccccc6cc45)cc3)cc2)cc1. The maximum Gasteiger partial charge on any atom is 0.0462 e. The first-order chi connectivity index (χ1) is 33.7. The van der Waals surface area contributed by atoms with Gasteiger partial charge in [0.05, 0.1) is 0 Å². The first kappa shape index (κ1) is 40.5. The molecule has 0 heterocycles. The van der Waals surface area contributed by atoms with Gasteiger partial charge in [-0.15, -0.1) is 0 Å². The van der Waals surface area contributed by atoms with Gasteiger partial charge in [-0.1, -0.05) is 194 Å². The fraction of sp³-hybridized carbons (Fsp3) is 0. The summed E-state index contributed by atoms with van der Waals surface area (Å²) in [5.41, 5.74) is 16.4. The molecule has 12 aromatic carbocycles. The van der Waals surface area contributed by atoms with Crippen molar-refractivity contribution in [3.63, 3.8) is 0 Å². The summed E-state index contributed by atoms with van der Waals surface area (Å²) >= 11 is 0. The lowest BCUT2D eigenvalue weighted by atomic mass is 9.84. The van der Waals surface area contributed by atoms with E-state index >= 15 is 0 Å². The molecule has 68 heavy (non-hydrogen) atoms. The molecular weight excluding hydrogens is 821 g/mol. The molecule has 0 aliphatic rings. The Bertz CT molecular complexity index is 3340. The lowest BCUT2D eigenvalue weighted by molar-refractivity contribution is 1.28. The van der Waals surface area contributed by atoms with E-state index in [1.807, 2.05) is 0 Å². The molecule has 0 bridgehead atoms. The zero-order valence-corrected chi connectivity index (χ0v) is 37.5. The first-order valence-electron chi connectivity index (χ1n) is 23.3. The number of hydrogen-bond donors (Lipinski definition) is 0. The third-order valence-electron chi connectivity index (χ3n) is 13.2. The number of benzene rings is 12. The number of anilines is 6. The van der Waals surface area contributed by atoms with E-state index in [1.165, 1.54) is 76.8 Å². The van der Waals surface area contributed by atoms with Crippen molar-refractivity contribution in [3.05, 3.63) is 279 Å². The van der Waals surface area contributed by atoms with Crippen molar-refractivity contribution < 1.29 is 0 Å². The molecule has 0 saturated carbocycles. The normalized spacial score (nSPS) is 11.2. The van der Waals surface area contributed by atoms with E-state index in [2.05, 4.69) is 289 Å². The predicted octanol–water partition coefficient (Wildman–Crippen LogP) is 18.8. The number of hydrogen-bond acceptors (Lipinski definition) is 2. The van der Waals surface area contributed by atoms with E-state index < -0.39 is 0 Å². The van der Waals surface area contributed by atoms with Crippen LogP contribution in [0.2, 0.25) is 0 Å². The second-order valence-electron chi connectivity index (χ2n) is 17.3. The molecule has 0 fully saturated rings. The second-order valence-corrected chi connectivity index (χ2v) is 17.3. The van der Waals surface area contributed by atoms with Gasteiger partial charge in [-0.25, -0.2) is 0 Å². The van der Waals surface area contributed by atoms with Gasteiger partial charge in [0.25, 0.3) is 0 Å². The number of nitrogens with zero attached hydrogens (tertiary/aromatic N) is 2. The van der Waals surface area contributed by atoms with Crippen LogP contribution in [0.15, 0.2) is 279 Å². The Morgan fingerprint density at radius 2 is 0.412 bits per heavy atom. The summed E-state index contributed by atoms with van der Waals surface area (Å²) in [6.45, 7) is 0. The average molecular weight is 867 g/mol. The van der Waals surface area contributed by atoms with Crippen LogP contribution < -0.4 is 9.80 Å². The standard InChI is InChI=1S/C66H46N2/c1-5-19-55(20-6-1)67(56-21-7-2-8-22-56)59-41-37-49(38-42-59)47-29-33-51(34-30-47)65-61-27-15-16-28-62(61)66(64-46-54-18-14-13-17-53(54)45-63(64)65)52-35-31-48(32-36-52)50-39-43-60(44-40-50)68(57-23-9-3-10-24-57)58-25-11-4-12-26-58/h1-46H. The highest BCUT2D eigenvalue weighted by Crippen LogP contribution is 2.46. The van der Waals surface area contributed by atoms with Crippen LogP contribution in [0, 0.1) is 0 Å². The van der Waals surface area contributed by atoms with E-state index in [0.717, 1.165) is 34.1 Å². The largest absolute Gasteiger partial charge is 0.311 e. The molecule has 0 N–H and O–H groups in total. The van der Waals surface area contributed by atoms with Crippen molar-refractivity contribution in [2.75, 3.05) is 9.80 Å². The van der Waals surface area contributed by atoms with Gasteiger partial charge >= 0.3 is 0 Å². The van der Waals surface area contributed by atoms with Crippen LogP contribution in [-0.4, -0.2) is 0 Å². The fourth-order valence-electron chi connectivity index (χ4n) is 9.95. The van der Waals surface area contributed by atoms with E-state index in [9.17, 15) is 0 Å².